The maximum atomic E-state index is 13.5. The Morgan fingerprint density at radius 3 is 2.69 bits per heavy atom. The van der Waals surface area contributed by atoms with Crippen molar-refractivity contribution < 1.29 is 22.4 Å². The number of hydrogen-bond acceptors (Lipinski definition) is 5. The molecular formula is C19H10ClF2N3O3S. The number of aromatic nitrogens is 1. The first kappa shape index (κ1) is 19.0. The molecule has 4 rings (SSSR count). The van der Waals surface area contributed by atoms with Crippen LogP contribution in [0, 0.1) is 11.6 Å². The maximum absolute atomic E-state index is 13.5. The fourth-order valence-electron chi connectivity index (χ4n) is 2.54. The Balaban J connectivity index is 1.55. The van der Waals surface area contributed by atoms with Gasteiger partial charge in [-0.3, -0.25) is 10.1 Å². The molecule has 0 unspecified atom stereocenters. The monoisotopic (exact) mass is 433 g/mol. The number of hydrogen-bond donors (Lipinski definition) is 2. The summed E-state index contributed by atoms with van der Waals surface area (Å²) in [5.41, 5.74) is 1.47. The summed E-state index contributed by atoms with van der Waals surface area (Å²) in [6, 6.07) is 9.73. The van der Waals surface area contributed by atoms with Gasteiger partial charge in [-0.05, 0) is 54.7 Å². The molecule has 0 fully saturated rings. The lowest BCUT2D eigenvalue weighted by molar-refractivity contribution is 0.0950. The topological polar surface area (TPSA) is 80.3 Å². The number of fused-ring (bicyclic) bond motifs is 1. The van der Waals surface area contributed by atoms with Crippen LogP contribution >= 0.6 is 23.8 Å². The van der Waals surface area contributed by atoms with Gasteiger partial charge in [0, 0.05) is 5.69 Å². The molecule has 0 bridgehead atoms. The second kappa shape index (κ2) is 7.61. The normalized spacial score (nSPS) is 10.9. The molecule has 4 aromatic rings. The molecule has 2 aromatic heterocycles. The summed E-state index contributed by atoms with van der Waals surface area (Å²) in [7, 11) is 0. The van der Waals surface area contributed by atoms with Crippen LogP contribution in [0.15, 0.2) is 57.6 Å². The molecule has 2 N–H and O–H groups in total. The third kappa shape index (κ3) is 3.96. The van der Waals surface area contributed by atoms with E-state index < -0.39 is 17.5 Å². The smallest absolute Gasteiger partial charge is 0.293 e. The maximum Gasteiger partial charge on any atom is 0.293 e. The third-order valence-corrected chi connectivity index (χ3v) is 4.37. The van der Waals surface area contributed by atoms with Crippen LogP contribution in [-0.2, 0) is 0 Å². The minimum atomic E-state index is -1.06. The van der Waals surface area contributed by atoms with Gasteiger partial charge < -0.3 is 14.2 Å². The third-order valence-electron chi connectivity index (χ3n) is 3.86. The molecule has 1 amide bonds. The number of halogens is 3. The Labute approximate surface area is 172 Å². The number of thiocarbonyl (C=S) groups is 1. The van der Waals surface area contributed by atoms with Crippen LogP contribution in [0.5, 0.6) is 0 Å². The molecule has 6 nitrogen and oxygen atoms in total. The van der Waals surface area contributed by atoms with E-state index in [1.807, 2.05) is 0 Å². The highest BCUT2D eigenvalue weighted by Gasteiger charge is 2.16. The van der Waals surface area contributed by atoms with Crippen LogP contribution in [0.1, 0.15) is 10.6 Å². The van der Waals surface area contributed by atoms with Crippen LogP contribution in [0.2, 0.25) is 5.02 Å². The van der Waals surface area contributed by atoms with Gasteiger partial charge in [0.05, 0.1) is 16.8 Å². The molecule has 0 spiro atoms. The van der Waals surface area contributed by atoms with Crippen LogP contribution in [-0.4, -0.2) is 16.0 Å². The molecule has 0 aliphatic carbocycles. The van der Waals surface area contributed by atoms with Gasteiger partial charge in [0.25, 0.3) is 5.91 Å². The van der Waals surface area contributed by atoms with E-state index in [1.54, 1.807) is 24.3 Å². The zero-order valence-corrected chi connectivity index (χ0v) is 15.9. The van der Waals surface area contributed by atoms with Crippen molar-refractivity contribution in [2.75, 3.05) is 5.32 Å². The number of amides is 1. The molecule has 0 atom stereocenters. The van der Waals surface area contributed by atoms with Gasteiger partial charge in [0.1, 0.15) is 5.52 Å². The van der Waals surface area contributed by atoms with E-state index in [4.69, 9.17) is 32.7 Å². The zero-order valence-electron chi connectivity index (χ0n) is 14.3. The molecule has 0 saturated heterocycles. The minimum Gasteiger partial charge on any atom is -0.459 e. The van der Waals surface area contributed by atoms with E-state index in [9.17, 15) is 13.6 Å². The van der Waals surface area contributed by atoms with Crippen molar-refractivity contribution in [3.8, 4) is 11.5 Å². The fourth-order valence-corrected chi connectivity index (χ4v) is 2.98. The molecule has 0 aliphatic rings. The summed E-state index contributed by atoms with van der Waals surface area (Å²) in [5.74, 6) is -2.47. The van der Waals surface area contributed by atoms with Crippen LogP contribution < -0.4 is 10.6 Å². The lowest BCUT2D eigenvalue weighted by atomic mass is 10.2. The van der Waals surface area contributed by atoms with Crippen molar-refractivity contribution in [2.45, 2.75) is 0 Å². The predicted molar refractivity (Wildman–Crippen MR) is 107 cm³/mol. The Morgan fingerprint density at radius 2 is 1.93 bits per heavy atom. The average molecular weight is 434 g/mol. The van der Waals surface area contributed by atoms with Crippen molar-refractivity contribution >= 4 is 51.6 Å². The largest absolute Gasteiger partial charge is 0.459 e. The Hall–Kier alpha value is -3.30. The van der Waals surface area contributed by atoms with E-state index in [-0.39, 0.29) is 27.3 Å². The van der Waals surface area contributed by atoms with E-state index in [0.29, 0.717) is 16.8 Å². The van der Waals surface area contributed by atoms with Crippen LogP contribution in [0.3, 0.4) is 0 Å². The standard InChI is InChI=1S/C19H10ClF2N3O3S/c20-11-8-13(22)12(21)7-10(11)18-24-14-6-9(3-4-15(14)28-18)23-19(29)25-17(26)16-2-1-5-27-16/h1-8H,(H2,23,25,26,29). The van der Waals surface area contributed by atoms with Crippen LogP contribution in [0.4, 0.5) is 14.5 Å². The highest BCUT2D eigenvalue weighted by molar-refractivity contribution is 7.80. The van der Waals surface area contributed by atoms with Gasteiger partial charge in [-0.25, -0.2) is 13.8 Å². The van der Waals surface area contributed by atoms with Gasteiger partial charge >= 0.3 is 0 Å². The second-order valence-electron chi connectivity index (χ2n) is 5.83. The van der Waals surface area contributed by atoms with Gasteiger partial charge in [-0.2, -0.15) is 0 Å². The Kier molecular flexibility index (Phi) is 4.99. The first-order chi connectivity index (χ1) is 13.9. The summed E-state index contributed by atoms with van der Waals surface area (Å²) in [6.07, 6.45) is 1.38. The first-order valence-corrected chi connectivity index (χ1v) is 8.90. The first-order valence-electron chi connectivity index (χ1n) is 8.12. The van der Waals surface area contributed by atoms with Crippen molar-refractivity contribution in [2.24, 2.45) is 0 Å². The van der Waals surface area contributed by atoms with Gasteiger partial charge in [0.2, 0.25) is 5.89 Å². The van der Waals surface area contributed by atoms with Crippen molar-refractivity contribution in [3.63, 3.8) is 0 Å². The lowest BCUT2D eigenvalue weighted by Gasteiger charge is -2.08. The number of rotatable bonds is 3. The van der Waals surface area contributed by atoms with E-state index in [2.05, 4.69) is 15.6 Å². The molecule has 146 valence electrons. The summed E-state index contributed by atoms with van der Waals surface area (Å²) >= 11 is 11.1. The van der Waals surface area contributed by atoms with Crippen molar-refractivity contribution in [1.29, 1.82) is 0 Å². The SMILES string of the molecule is O=C(NC(=S)Nc1ccc2oc(-c3cc(F)c(F)cc3Cl)nc2c1)c1ccco1. The molecule has 0 aliphatic heterocycles. The molecule has 2 heterocycles. The average Bonchev–Trinajstić information content (AvgIpc) is 3.34. The number of nitrogens with one attached hydrogen (secondary N) is 2. The number of anilines is 1. The molecular weight excluding hydrogens is 424 g/mol. The number of oxazole rings is 1. The fraction of sp³-hybridized carbons (Fsp3) is 0. The number of carbonyl (C=O) groups excluding carboxylic acids is 1. The molecule has 2 aromatic carbocycles. The van der Waals surface area contributed by atoms with Gasteiger partial charge in [-0.15, -0.1) is 0 Å². The molecule has 10 heteroatoms. The highest BCUT2D eigenvalue weighted by atomic mass is 35.5. The number of furan rings is 1. The zero-order chi connectivity index (χ0) is 20.5. The Bertz CT molecular complexity index is 1240. The summed E-state index contributed by atoms with van der Waals surface area (Å²) in [5, 5.41) is 5.34. The highest BCUT2D eigenvalue weighted by Crippen LogP contribution is 2.32. The second-order valence-corrected chi connectivity index (χ2v) is 6.65. The van der Waals surface area contributed by atoms with Gasteiger partial charge in [0.15, 0.2) is 28.1 Å². The molecule has 0 saturated carbocycles. The quantitative estimate of drug-likeness (QED) is 0.344. The van der Waals surface area contributed by atoms with Gasteiger partial charge in [-0.1, -0.05) is 11.6 Å². The summed E-state index contributed by atoms with van der Waals surface area (Å²) in [6.45, 7) is 0. The predicted octanol–water partition coefficient (Wildman–Crippen LogP) is 5.15. The molecule has 0 radical (unpaired) electrons. The summed E-state index contributed by atoms with van der Waals surface area (Å²) < 4.78 is 37.4. The van der Waals surface area contributed by atoms with E-state index >= 15 is 0 Å². The Morgan fingerprint density at radius 1 is 1.14 bits per heavy atom. The number of benzene rings is 2. The lowest BCUT2D eigenvalue weighted by Crippen LogP contribution is -2.33. The van der Waals surface area contributed by atoms with E-state index in [0.717, 1.165) is 12.1 Å². The number of carbonyl (C=O) groups is 1. The number of nitrogens with zero attached hydrogens (tertiary/aromatic N) is 1. The van der Waals surface area contributed by atoms with Crippen molar-refractivity contribution in [3.05, 3.63) is 71.1 Å². The summed E-state index contributed by atoms with van der Waals surface area (Å²) in [4.78, 5) is 16.2. The molecule has 29 heavy (non-hydrogen) atoms. The van der Waals surface area contributed by atoms with Crippen molar-refractivity contribution in [1.82, 2.24) is 10.3 Å². The van der Waals surface area contributed by atoms with E-state index in [1.165, 1.54) is 12.3 Å². The minimum absolute atomic E-state index is 0.0318. The van der Waals surface area contributed by atoms with Crippen LogP contribution in [0.25, 0.3) is 22.6 Å².